The van der Waals surface area contributed by atoms with Crippen LogP contribution < -0.4 is 5.32 Å². The van der Waals surface area contributed by atoms with E-state index in [1.807, 2.05) is 0 Å². The number of carbonyl (C=O) groups excluding carboxylic acids is 1. The molecule has 1 aromatic heterocycles. The minimum absolute atomic E-state index is 0.0770. The van der Waals surface area contributed by atoms with Crippen LogP contribution in [0.4, 0.5) is 15.9 Å². The molecule has 0 bridgehead atoms. The number of carboxylic acids is 1. The van der Waals surface area contributed by atoms with Gasteiger partial charge in [-0.3, -0.25) is 4.79 Å². The number of benzene rings is 3. The normalized spacial score (nSPS) is 10.7. The molecule has 0 fully saturated rings. The van der Waals surface area contributed by atoms with Crippen molar-refractivity contribution in [1.29, 1.82) is 0 Å². The SMILES string of the molecule is Cc1ccc(Nc2nc(C(=O)c3ccc(F)cc3)nc3ccccc23)c(C(=O)O)c1. The number of carbonyl (C=O) groups is 2. The number of nitrogens with one attached hydrogen (secondary N) is 1. The Kier molecular flexibility index (Phi) is 4.93. The summed E-state index contributed by atoms with van der Waals surface area (Å²) in [5.74, 6) is -1.77. The van der Waals surface area contributed by atoms with Crippen molar-refractivity contribution in [2.24, 2.45) is 0 Å². The van der Waals surface area contributed by atoms with Gasteiger partial charge in [0.15, 0.2) is 0 Å². The molecule has 1 heterocycles. The number of halogens is 1. The molecule has 6 nitrogen and oxygen atoms in total. The van der Waals surface area contributed by atoms with Crippen molar-refractivity contribution in [3.05, 3.63) is 95.1 Å². The van der Waals surface area contributed by atoms with Gasteiger partial charge >= 0.3 is 5.97 Å². The molecule has 0 amide bonds. The van der Waals surface area contributed by atoms with Gasteiger partial charge < -0.3 is 10.4 Å². The Hall–Kier alpha value is -4.13. The van der Waals surface area contributed by atoms with Crippen LogP contribution in [0.5, 0.6) is 0 Å². The van der Waals surface area contributed by atoms with Crippen LogP contribution >= 0.6 is 0 Å². The van der Waals surface area contributed by atoms with E-state index in [1.54, 1.807) is 49.4 Å². The van der Waals surface area contributed by atoms with Gasteiger partial charge in [0.1, 0.15) is 11.6 Å². The van der Waals surface area contributed by atoms with E-state index in [0.717, 1.165) is 5.56 Å². The van der Waals surface area contributed by atoms with Crippen LogP contribution in [0, 0.1) is 12.7 Å². The van der Waals surface area contributed by atoms with Gasteiger partial charge in [-0.25, -0.2) is 19.2 Å². The Bertz CT molecular complexity index is 1290. The molecule has 4 aromatic rings. The maximum atomic E-state index is 13.2. The van der Waals surface area contributed by atoms with Crippen LogP contribution in [-0.2, 0) is 0 Å². The molecule has 0 saturated heterocycles. The summed E-state index contributed by atoms with van der Waals surface area (Å²) < 4.78 is 13.2. The van der Waals surface area contributed by atoms with Crippen LogP contribution in [0.25, 0.3) is 10.9 Å². The number of rotatable bonds is 5. The Morgan fingerprint density at radius 2 is 1.70 bits per heavy atom. The number of hydrogen-bond acceptors (Lipinski definition) is 5. The van der Waals surface area contributed by atoms with Gasteiger partial charge in [0.2, 0.25) is 11.6 Å². The lowest BCUT2D eigenvalue weighted by molar-refractivity contribution is 0.0697. The standard InChI is InChI=1S/C23H16FN3O3/c1-13-6-11-19(17(12-13)23(29)30)25-21-16-4-2-3-5-18(16)26-22(27-21)20(28)14-7-9-15(24)10-8-14/h2-12H,1H3,(H,29,30)(H,25,26,27). The minimum Gasteiger partial charge on any atom is -0.478 e. The predicted molar refractivity (Wildman–Crippen MR) is 111 cm³/mol. The lowest BCUT2D eigenvalue weighted by atomic mass is 10.1. The van der Waals surface area contributed by atoms with Crippen LogP contribution in [0.1, 0.15) is 32.1 Å². The van der Waals surface area contributed by atoms with Crippen LogP contribution in [0.2, 0.25) is 0 Å². The number of fused-ring (bicyclic) bond motifs is 1. The summed E-state index contributed by atoms with van der Waals surface area (Å²) in [7, 11) is 0. The molecule has 0 atom stereocenters. The smallest absolute Gasteiger partial charge is 0.337 e. The second-order valence-electron chi connectivity index (χ2n) is 6.73. The van der Waals surface area contributed by atoms with E-state index in [9.17, 15) is 19.1 Å². The molecular formula is C23H16FN3O3. The van der Waals surface area contributed by atoms with E-state index >= 15 is 0 Å². The molecule has 30 heavy (non-hydrogen) atoms. The lowest BCUT2D eigenvalue weighted by Gasteiger charge is -2.13. The fraction of sp³-hybridized carbons (Fsp3) is 0.0435. The lowest BCUT2D eigenvalue weighted by Crippen LogP contribution is -2.11. The summed E-state index contributed by atoms with van der Waals surface area (Å²) in [6, 6.07) is 17.2. The third-order valence-electron chi connectivity index (χ3n) is 4.57. The molecule has 148 valence electrons. The zero-order valence-electron chi connectivity index (χ0n) is 15.9. The van der Waals surface area contributed by atoms with Gasteiger partial charge in [-0.05, 0) is 55.5 Å². The fourth-order valence-corrected chi connectivity index (χ4v) is 3.08. The highest BCUT2D eigenvalue weighted by molar-refractivity contribution is 6.08. The summed E-state index contributed by atoms with van der Waals surface area (Å²) in [5, 5.41) is 13.2. The Morgan fingerprint density at radius 1 is 0.967 bits per heavy atom. The molecule has 4 rings (SSSR count). The number of aryl methyl sites for hydroxylation is 1. The molecular weight excluding hydrogens is 385 g/mol. The van der Waals surface area contributed by atoms with E-state index < -0.39 is 17.6 Å². The number of nitrogens with zero attached hydrogens (tertiary/aromatic N) is 2. The Labute approximate surface area is 171 Å². The van der Waals surface area contributed by atoms with Crippen molar-refractivity contribution in [1.82, 2.24) is 9.97 Å². The van der Waals surface area contributed by atoms with Crippen molar-refractivity contribution < 1.29 is 19.1 Å². The topological polar surface area (TPSA) is 92.2 Å². The molecule has 0 aliphatic heterocycles. The van der Waals surface area contributed by atoms with Crippen LogP contribution in [-0.4, -0.2) is 26.8 Å². The summed E-state index contributed by atoms with van der Waals surface area (Å²) in [6.45, 7) is 1.80. The maximum Gasteiger partial charge on any atom is 0.337 e. The number of hydrogen-bond donors (Lipinski definition) is 2. The largest absolute Gasteiger partial charge is 0.478 e. The second-order valence-corrected chi connectivity index (χ2v) is 6.73. The third kappa shape index (κ3) is 3.73. The van der Waals surface area contributed by atoms with E-state index in [4.69, 9.17) is 0 Å². The molecule has 0 spiro atoms. The summed E-state index contributed by atoms with van der Waals surface area (Å²) in [6.07, 6.45) is 0. The molecule has 0 unspecified atom stereocenters. The summed E-state index contributed by atoms with van der Waals surface area (Å²) in [5.41, 5.74) is 2.00. The first kappa shape index (κ1) is 19.2. The summed E-state index contributed by atoms with van der Waals surface area (Å²) >= 11 is 0. The average molecular weight is 401 g/mol. The van der Waals surface area contributed by atoms with E-state index in [-0.39, 0.29) is 17.0 Å². The van der Waals surface area contributed by atoms with Gasteiger partial charge in [0.25, 0.3) is 0 Å². The van der Waals surface area contributed by atoms with Crippen molar-refractivity contribution >= 4 is 34.2 Å². The van der Waals surface area contributed by atoms with Crippen molar-refractivity contribution in [3.63, 3.8) is 0 Å². The molecule has 0 radical (unpaired) electrons. The fourth-order valence-electron chi connectivity index (χ4n) is 3.08. The molecule has 2 N–H and O–H groups in total. The van der Waals surface area contributed by atoms with Gasteiger partial charge in [-0.15, -0.1) is 0 Å². The first-order valence-corrected chi connectivity index (χ1v) is 9.10. The average Bonchev–Trinajstić information content (AvgIpc) is 2.74. The maximum absolute atomic E-state index is 13.2. The van der Waals surface area contributed by atoms with Crippen LogP contribution in [0.3, 0.4) is 0 Å². The van der Waals surface area contributed by atoms with E-state index in [0.29, 0.717) is 22.4 Å². The Balaban J connectivity index is 1.83. The first-order valence-electron chi connectivity index (χ1n) is 9.10. The number of aromatic nitrogens is 2. The van der Waals surface area contributed by atoms with Crippen molar-refractivity contribution in [3.8, 4) is 0 Å². The highest BCUT2D eigenvalue weighted by Crippen LogP contribution is 2.27. The summed E-state index contributed by atoms with van der Waals surface area (Å²) in [4.78, 5) is 33.2. The van der Waals surface area contributed by atoms with E-state index in [2.05, 4.69) is 15.3 Å². The zero-order valence-corrected chi connectivity index (χ0v) is 15.9. The minimum atomic E-state index is -1.08. The number of aromatic carboxylic acids is 1. The molecule has 0 aliphatic carbocycles. The van der Waals surface area contributed by atoms with Gasteiger partial charge in [-0.2, -0.15) is 0 Å². The van der Waals surface area contributed by atoms with Gasteiger partial charge in [0.05, 0.1) is 16.8 Å². The molecule has 0 aliphatic rings. The number of carboxylic acid groups (broad SMARTS) is 1. The monoisotopic (exact) mass is 401 g/mol. The van der Waals surface area contributed by atoms with Crippen LogP contribution in [0.15, 0.2) is 66.7 Å². The Morgan fingerprint density at radius 3 is 2.43 bits per heavy atom. The van der Waals surface area contributed by atoms with Gasteiger partial charge in [-0.1, -0.05) is 23.8 Å². The number of ketones is 1. The highest BCUT2D eigenvalue weighted by atomic mass is 19.1. The third-order valence-corrected chi connectivity index (χ3v) is 4.57. The quantitative estimate of drug-likeness (QED) is 0.469. The second kappa shape index (κ2) is 7.71. The van der Waals surface area contributed by atoms with Crippen molar-refractivity contribution in [2.75, 3.05) is 5.32 Å². The van der Waals surface area contributed by atoms with Gasteiger partial charge in [0, 0.05) is 10.9 Å². The zero-order chi connectivity index (χ0) is 21.3. The molecule has 0 saturated carbocycles. The predicted octanol–water partition coefficient (Wildman–Crippen LogP) is 4.75. The van der Waals surface area contributed by atoms with E-state index in [1.165, 1.54) is 24.3 Å². The number of anilines is 2. The molecule has 7 heteroatoms. The highest BCUT2D eigenvalue weighted by Gasteiger charge is 2.18. The van der Waals surface area contributed by atoms with Crippen molar-refractivity contribution in [2.45, 2.75) is 6.92 Å². The molecule has 3 aromatic carbocycles. The number of para-hydroxylation sites is 1. The first-order chi connectivity index (χ1) is 14.4.